The Morgan fingerprint density at radius 1 is 1.24 bits per heavy atom. The molecule has 0 bridgehead atoms. The first-order valence-corrected chi connectivity index (χ1v) is 6.02. The summed E-state index contributed by atoms with van der Waals surface area (Å²) in [5, 5.41) is 0. The first-order valence-electron chi connectivity index (χ1n) is 5.23. The van der Waals surface area contributed by atoms with Gasteiger partial charge in [-0.05, 0) is 23.8 Å². The number of nitrogens with two attached hydrogens (primary N) is 1. The highest BCUT2D eigenvalue weighted by Gasteiger charge is 2.16. The van der Waals surface area contributed by atoms with Crippen molar-refractivity contribution in [2.45, 2.75) is 6.04 Å². The summed E-state index contributed by atoms with van der Waals surface area (Å²) in [7, 11) is 1.62. The molecule has 0 aliphatic heterocycles. The Kier molecular flexibility index (Phi) is 3.76. The van der Waals surface area contributed by atoms with Gasteiger partial charge in [0.25, 0.3) is 0 Å². The van der Waals surface area contributed by atoms with Crippen molar-refractivity contribution in [3.05, 3.63) is 58.3 Å². The van der Waals surface area contributed by atoms with Crippen LogP contribution in [-0.4, -0.2) is 12.1 Å². The van der Waals surface area contributed by atoms with Gasteiger partial charge < -0.3 is 10.5 Å². The lowest BCUT2D eigenvalue weighted by Crippen LogP contribution is -2.15. The van der Waals surface area contributed by atoms with Crippen molar-refractivity contribution in [3.63, 3.8) is 0 Å². The maximum atomic E-state index is 6.22. The minimum absolute atomic E-state index is 0.304. The van der Waals surface area contributed by atoms with Gasteiger partial charge in [0.2, 0.25) is 0 Å². The van der Waals surface area contributed by atoms with Gasteiger partial charge in [-0.25, -0.2) is 0 Å². The summed E-state index contributed by atoms with van der Waals surface area (Å²) in [6.07, 6.45) is 1.72. The molecule has 0 aliphatic carbocycles. The van der Waals surface area contributed by atoms with Gasteiger partial charge in [-0.1, -0.05) is 34.1 Å². The van der Waals surface area contributed by atoms with Crippen molar-refractivity contribution >= 4 is 15.9 Å². The fraction of sp³-hybridized carbons (Fsp3) is 0.154. The van der Waals surface area contributed by atoms with Gasteiger partial charge in [-0.3, -0.25) is 4.98 Å². The number of benzene rings is 1. The van der Waals surface area contributed by atoms with Gasteiger partial charge in [0.05, 0.1) is 13.2 Å². The van der Waals surface area contributed by atoms with Gasteiger partial charge in [-0.15, -0.1) is 0 Å². The van der Waals surface area contributed by atoms with Crippen molar-refractivity contribution in [2.24, 2.45) is 5.73 Å². The number of nitrogens with zero attached hydrogens (tertiary/aromatic N) is 1. The average molecular weight is 293 g/mol. The van der Waals surface area contributed by atoms with Crippen molar-refractivity contribution in [2.75, 3.05) is 7.11 Å². The molecule has 0 radical (unpaired) electrons. The highest BCUT2D eigenvalue weighted by atomic mass is 79.9. The molecule has 17 heavy (non-hydrogen) atoms. The largest absolute Gasteiger partial charge is 0.495 e. The van der Waals surface area contributed by atoms with E-state index in [1.54, 1.807) is 13.3 Å². The standard InChI is InChI=1S/C13H13BrN2O/c1-17-11-7-4-8-16-13(11)12(15)9-5-2-3-6-10(9)14/h2-8,12H,15H2,1H3. The predicted molar refractivity (Wildman–Crippen MR) is 71.0 cm³/mol. The summed E-state index contributed by atoms with van der Waals surface area (Å²) in [6, 6.07) is 11.2. The van der Waals surface area contributed by atoms with E-state index in [2.05, 4.69) is 20.9 Å². The number of ether oxygens (including phenoxy) is 1. The summed E-state index contributed by atoms with van der Waals surface area (Å²) in [6.45, 7) is 0. The topological polar surface area (TPSA) is 48.1 Å². The van der Waals surface area contributed by atoms with Crippen LogP contribution in [0.1, 0.15) is 17.3 Å². The lowest BCUT2D eigenvalue weighted by Gasteiger charge is -2.15. The van der Waals surface area contributed by atoms with E-state index in [0.717, 1.165) is 15.7 Å². The number of pyridine rings is 1. The van der Waals surface area contributed by atoms with Crippen LogP contribution < -0.4 is 10.5 Å². The number of methoxy groups -OCH3 is 1. The first-order chi connectivity index (χ1) is 8.24. The third-order valence-electron chi connectivity index (χ3n) is 2.55. The number of halogens is 1. The van der Waals surface area contributed by atoms with E-state index in [1.165, 1.54) is 0 Å². The van der Waals surface area contributed by atoms with Crippen molar-refractivity contribution < 1.29 is 4.74 Å². The maximum absolute atomic E-state index is 6.22. The van der Waals surface area contributed by atoms with Crippen LogP contribution in [0.4, 0.5) is 0 Å². The molecule has 1 atom stereocenters. The summed E-state index contributed by atoms with van der Waals surface area (Å²) in [5.74, 6) is 0.704. The molecule has 0 saturated heterocycles. The highest BCUT2D eigenvalue weighted by Crippen LogP contribution is 2.30. The molecule has 0 aliphatic rings. The Labute approximate surface area is 109 Å². The minimum Gasteiger partial charge on any atom is -0.495 e. The fourth-order valence-corrected chi connectivity index (χ4v) is 2.21. The van der Waals surface area contributed by atoms with Crippen LogP contribution in [-0.2, 0) is 0 Å². The van der Waals surface area contributed by atoms with Gasteiger partial charge >= 0.3 is 0 Å². The van der Waals surface area contributed by atoms with Crippen molar-refractivity contribution in [1.82, 2.24) is 4.98 Å². The molecule has 0 saturated carbocycles. The Bertz CT molecular complexity index is 516. The number of hydrogen-bond acceptors (Lipinski definition) is 3. The van der Waals surface area contributed by atoms with Crippen LogP contribution in [0.5, 0.6) is 5.75 Å². The molecule has 0 spiro atoms. The molecule has 2 N–H and O–H groups in total. The molecule has 1 aromatic heterocycles. The second kappa shape index (κ2) is 5.29. The smallest absolute Gasteiger partial charge is 0.142 e. The normalized spacial score (nSPS) is 12.2. The van der Waals surface area contributed by atoms with Crippen LogP contribution in [0.3, 0.4) is 0 Å². The monoisotopic (exact) mass is 292 g/mol. The molecule has 4 heteroatoms. The molecule has 88 valence electrons. The molecule has 0 amide bonds. The van der Waals surface area contributed by atoms with E-state index < -0.39 is 0 Å². The lowest BCUT2D eigenvalue weighted by molar-refractivity contribution is 0.404. The van der Waals surface area contributed by atoms with Crippen molar-refractivity contribution in [1.29, 1.82) is 0 Å². The third-order valence-corrected chi connectivity index (χ3v) is 3.28. The van der Waals surface area contributed by atoms with Crippen LogP contribution in [0.15, 0.2) is 47.1 Å². The second-order valence-corrected chi connectivity index (χ2v) is 4.44. The fourth-order valence-electron chi connectivity index (χ4n) is 1.68. The van der Waals surface area contributed by atoms with E-state index in [0.29, 0.717) is 5.75 Å². The summed E-state index contributed by atoms with van der Waals surface area (Å²) in [5.41, 5.74) is 7.95. The third kappa shape index (κ3) is 2.48. The number of rotatable bonds is 3. The summed E-state index contributed by atoms with van der Waals surface area (Å²) < 4.78 is 6.24. The van der Waals surface area contributed by atoms with E-state index in [9.17, 15) is 0 Å². The van der Waals surface area contributed by atoms with Crippen molar-refractivity contribution in [3.8, 4) is 5.75 Å². The van der Waals surface area contributed by atoms with Gasteiger partial charge in [0, 0.05) is 10.7 Å². The van der Waals surface area contributed by atoms with E-state index in [-0.39, 0.29) is 6.04 Å². The molecule has 1 aromatic carbocycles. The zero-order chi connectivity index (χ0) is 12.3. The van der Waals surface area contributed by atoms with Gasteiger partial charge in [0.1, 0.15) is 11.4 Å². The average Bonchev–Trinajstić information content (AvgIpc) is 2.38. The molecule has 2 aromatic rings. The second-order valence-electron chi connectivity index (χ2n) is 3.59. The zero-order valence-corrected chi connectivity index (χ0v) is 11.0. The Balaban J connectivity index is 2.44. The van der Waals surface area contributed by atoms with Gasteiger partial charge in [0.15, 0.2) is 0 Å². The van der Waals surface area contributed by atoms with Gasteiger partial charge in [-0.2, -0.15) is 0 Å². The molecule has 3 nitrogen and oxygen atoms in total. The number of aromatic nitrogens is 1. The quantitative estimate of drug-likeness (QED) is 0.946. The molecule has 1 heterocycles. The molecular formula is C13H13BrN2O. The first kappa shape index (κ1) is 12.1. The molecule has 2 rings (SSSR count). The molecular weight excluding hydrogens is 280 g/mol. The molecule has 0 fully saturated rings. The van der Waals surface area contributed by atoms with Crippen LogP contribution >= 0.6 is 15.9 Å². The minimum atomic E-state index is -0.304. The van der Waals surface area contributed by atoms with E-state index in [4.69, 9.17) is 10.5 Å². The van der Waals surface area contributed by atoms with Crippen LogP contribution in [0.25, 0.3) is 0 Å². The maximum Gasteiger partial charge on any atom is 0.142 e. The number of hydrogen-bond donors (Lipinski definition) is 1. The summed E-state index contributed by atoms with van der Waals surface area (Å²) >= 11 is 3.49. The zero-order valence-electron chi connectivity index (χ0n) is 9.43. The van der Waals surface area contributed by atoms with E-state index >= 15 is 0 Å². The lowest BCUT2D eigenvalue weighted by atomic mass is 10.0. The Morgan fingerprint density at radius 2 is 2.00 bits per heavy atom. The van der Waals surface area contributed by atoms with E-state index in [1.807, 2.05) is 36.4 Å². The Morgan fingerprint density at radius 3 is 2.71 bits per heavy atom. The Hall–Kier alpha value is -1.39. The van der Waals surface area contributed by atoms with Crippen LogP contribution in [0, 0.1) is 0 Å². The SMILES string of the molecule is COc1cccnc1C(N)c1ccccc1Br. The predicted octanol–water partition coefficient (Wildman–Crippen LogP) is 2.90. The summed E-state index contributed by atoms with van der Waals surface area (Å²) in [4.78, 5) is 4.30. The van der Waals surface area contributed by atoms with Crippen LogP contribution in [0.2, 0.25) is 0 Å². The molecule has 1 unspecified atom stereocenters. The highest BCUT2D eigenvalue weighted by molar-refractivity contribution is 9.10.